The van der Waals surface area contributed by atoms with Crippen molar-refractivity contribution in [1.82, 2.24) is 0 Å². The van der Waals surface area contributed by atoms with Crippen molar-refractivity contribution in [1.29, 1.82) is 0 Å². The normalized spacial score (nSPS) is 15.5. The minimum absolute atomic E-state index is 0.275. The highest BCUT2D eigenvalue weighted by Crippen LogP contribution is 2.26. The van der Waals surface area contributed by atoms with Crippen LogP contribution in [0, 0.1) is 5.92 Å². The number of rotatable bonds is 4. The fourth-order valence-corrected chi connectivity index (χ4v) is 2.56. The van der Waals surface area contributed by atoms with Gasteiger partial charge in [-0.1, -0.05) is 12.8 Å². The number of hydrogen-bond acceptors (Lipinski definition) is 4. The molecule has 0 spiro atoms. The van der Waals surface area contributed by atoms with Gasteiger partial charge in [0.2, 0.25) is 0 Å². The second-order valence-corrected chi connectivity index (χ2v) is 5.42. The molecule has 0 bridgehead atoms. The number of esters is 1. The summed E-state index contributed by atoms with van der Waals surface area (Å²) in [6, 6.07) is 5.33. The molecule has 0 heterocycles. The van der Waals surface area contributed by atoms with E-state index in [4.69, 9.17) is 10.5 Å². The first-order valence-corrected chi connectivity index (χ1v) is 6.82. The Labute approximate surface area is 114 Å². The van der Waals surface area contributed by atoms with Crippen LogP contribution in [0.4, 0.5) is 11.4 Å². The van der Waals surface area contributed by atoms with Gasteiger partial charge < -0.3 is 15.4 Å². The SMILES string of the molecule is CN(C)c1ccc(N)cc1C(=O)OCC1CCCC1. The average Bonchev–Trinajstić information content (AvgIpc) is 2.88. The Hall–Kier alpha value is -1.71. The lowest BCUT2D eigenvalue weighted by Gasteiger charge is -2.18. The van der Waals surface area contributed by atoms with Gasteiger partial charge in [0, 0.05) is 19.8 Å². The van der Waals surface area contributed by atoms with Gasteiger partial charge in [0.15, 0.2) is 0 Å². The van der Waals surface area contributed by atoms with Crippen molar-refractivity contribution >= 4 is 17.3 Å². The largest absolute Gasteiger partial charge is 0.462 e. The van der Waals surface area contributed by atoms with Crippen LogP contribution in [0.15, 0.2) is 18.2 Å². The molecule has 1 aliphatic carbocycles. The quantitative estimate of drug-likeness (QED) is 0.669. The van der Waals surface area contributed by atoms with Crippen molar-refractivity contribution in [2.24, 2.45) is 5.92 Å². The molecular formula is C15H22N2O2. The molecule has 0 radical (unpaired) electrons. The summed E-state index contributed by atoms with van der Waals surface area (Å²) in [5.41, 5.74) is 7.72. The summed E-state index contributed by atoms with van der Waals surface area (Å²) in [6.45, 7) is 0.528. The number of carbonyl (C=O) groups is 1. The molecule has 1 saturated carbocycles. The van der Waals surface area contributed by atoms with Crippen LogP contribution in [0.3, 0.4) is 0 Å². The highest BCUT2D eigenvalue weighted by Gasteiger charge is 2.19. The van der Waals surface area contributed by atoms with E-state index < -0.39 is 0 Å². The third-order valence-electron chi connectivity index (χ3n) is 3.65. The van der Waals surface area contributed by atoms with Crippen LogP contribution in [0.25, 0.3) is 0 Å². The van der Waals surface area contributed by atoms with Gasteiger partial charge in [0.25, 0.3) is 0 Å². The van der Waals surface area contributed by atoms with Crippen LogP contribution in [-0.2, 0) is 4.74 Å². The Morgan fingerprint density at radius 2 is 2.05 bits per heavy atom. The third kappa shape index (κ3) is 3.40. The molecule has 4 heteroatoms. The maximum absolute atomic E-state index is 12.2. The minimum atomic E-state index is -0.275. The van der Waals surface area contributed by atoms with Gasteiger partial charge in [-0.25, -0.2) is 4.79 Å². The van der Waals surface area contributed by atoms with Gasteiger partial charge in [-0.05, 0) is 37.0 Å². The molecule has 19 heavy (non-hydrogen) atoms. The summed E-state index contributed by atoms with van der Waals surface area (Å²) >= 11 is 0. The fourth-order valence-electron chi connectivity index (χ4n) is 2.56. The smallest absolute Gasteiger partial charge is 0.340 e. The minimum Gasteiger partial charge on any atom is -0.462 e. The number of anilines is 2. The Morgan fingerprint density at radius 1 is 1.37 bits per heavy atom. The van der Waals surface area contributed by atoms with Crippen LogP contribution in [0.5, 0.6) is 0 Å². The molecular weight excluding hydrogens is 240 g/mol. The first-order chi connectivity index (χ1) is 9.08. The summed E-state index contributed by atoms with van der Waals surface area (Å²) in [4.78, 5) is 14.1. The summed E-state index contributed by atoms with van der Waals surface area (Å²) in [6.07, 6.45) is 4.85. The number of nitrogens with zero attached hydrogens (tertiary/aromatic N) is 1. The van der Waals surface area contributed by atoms with Gasteiger partial charge >= 0.3 is 5.97 Å². The first kappa shape index (κ1) is 13.7. The molecule has 1 aromatic rings. The van der Waals surface area contributed by atoms with Gasteiger partial charge in [-0.3, -0.25) is 0 Å². The number of hydrogen-bond donors (Lipinski definition) is 1. The molecule has 0 amide bonds. The Balaban J connectivity index is 2.06. The molecule has 0 saturated heterocycles. The molecule has 1 fully saturated rings. The van der Waals surface area contributed by atoms with E-state index in [1.165, 1.54) is 25.7 Å². The Bertz CT molecular complexity index is 451. The van der Waals surface area contributed by atoms with Crippen molar-refractivity contribution < 1.29 is 9.53 Å². The van der Waals surface area contributed by atoms with Gasteiger partial charge in [-0.2, -0.15) is 0 Å². The average molecular weight is 262 g/mol. The number of benzene rings is 1. The maximum Gasteiger partial charge on any atom is 0.340 e. The van der Waals surface area contributed by atoms with Crippen LogP contribution in [0.1, 0.15) is 36.0 Å². The summed E-state index contributed by atoms with van der Waals surface area (Å²) in [7, 11) is 3.80. The van der Waals surface area contributed by atoms with Crippen molar-refractivity contribution in [2.75, 3.05) is 31.3 Å². The lowest BCUT2D eigenvalue weighted by Crippen LogP contribution is -2.17. The van der Waals surface area contributed by atoms with E-state index in [1.54, 1.807) is 12.1 Å². The number of nitrogen functional groups attached to an aromatic ring is 1. The van der Waals surface area contributed by atoms with Crippen LogP contribution in [0.2, 0.25) is 0 Å². The van der Waals surface area contributed by atoms with E-state index in [0.717, 1.165) is 5.69 Å². The maximum atomic E-state index is 12.2. The molecule has 0 atom stereocenters. The van der Waals surface area contributed by atoms with E-state index in [-0.39, 0.29) is 5.97 Å². The summed E-state index contributed by atoms with van der Waals surface area (Å²) < 4.78 is 5.44. The third-order valence-corrected chi connectivity index (χ3v) is 3.65. The summed E-state index contributed by atoms with van der Waals surface area (Å²) in [5, 5.41) is 0. The number of nitrogens with two attached hydrogens (primary N) is 1. The number of carbonyl (C=O) groups excluding carboxylic acids is 1. The van der Waals surface area contributed by atoms with Gasteiger partial charge in [-0.15, -0.1) is 0 Å². The van der Waals surface area contributed by atoms with Crippen molar-refractivity contribution in [3.05, 3.63) is 23.8 Å². The molecule has 0 aromatic heterocycles. The van der Waals surface area contributed by atoms with E-state index in [2.05, 4.69) is 0 Å². The zero-order valence-corrected chi connectivity index (χ0v) is 11.7. The van der Waals surface area contributed by atoms with Crippen molar-refractivity contribution in [3.8, 4) is 0 Å². The molecule has 2 N–H and O–H groups in total. The van der Waals surface area contributed by atoms with Gasteiger partial charge in [0.1, 0.15) is 0 Å². The van der Waals surface area contributed by atoms with Crippen LogP contribution >= 0.6 is 0 Å². The Morgan fingerprint density at radius 3 is 2.68 bits per heavy atom. The zero-order chi connectivity index (χ0) is 13.8. The predicted molar refractivity (Wildman–Crippen MR) is 77.4 cm³/mol. The van der Waals surface area contributed by atoms with E-state index in [0.29, 0.717) is 23.8 Å². The highest BCUT2D eigenvalue weighted by molar-refractivity contribution is 5.96. The predicted octanol–water partition coefficient (Wildman–Crippen LogP) is 2.68. The molecule has 1 aromatic carbocycles. The van der Waals surface area contributed by atoms with E-state index in [9.17, 15) is 4.79 Å². The standard InChI is InChI=1S/C15H22N2O2/c1-17(2)14-8-7-12(16)9-13(14)15(18)19-10-11-5-3-4-6-11/h7-9,11H,3-6,10,16H2,1-2H3. The fraction of sp³-hybridized carbons (Fsp3) is 0.533. The van der Waals surface area contributed by atoms with Crippen LogP contribution in [-0.4, -0.2) is 26.7 Å². The second-order valence-electron chi connectivity index (χ2n) is 5.42. The molecule has 2 rings (SSSR count). The van der Waals surface area contributed by atoms with E-state index >= 15 is 0 Å². The van der Waals surface area contributed by atoms with Crippen molar-refractivity contribution in [3.63, 3.8) is 0 Å². The monoisotopic (exact) mass is 262 g/mol. The zero-order valence-electron chi connectivity index (χ0n) is 11.7. The van der Waals surface area contributed by atoms with E-state index in [1.807, 2.05) is 25.1 Å². The topological polar surface area (TPSA) is 55.6 Å². The van der Waals surface area contributed by atoms with Crippen LogP contribution < -0.4 is 10.6 Å². The molecule has 1 aliphatic rings. The summed E-state index contributed by atoms with van der Waals surface area (Å²) in [5.74, 6) is 0.260. The molecule has 104 valence electrons. The lowest BCUT2D eigenvalue weighted by atomic mass is 10.1. The van der Waals surface area contributed by atoms with Crippen molar-refractivity contribution in [2.45, 2.75) is 25.7 Å². The second kappa shape index (κ2) is 5.95. The van der Waals surface area contributed by atoms with Gasteiger partial charge in [0.05, 0.1) is 17.9 Å². The molecule has 4 nitrogen and oxygen atoms in total. The lowest BCUT2D eigenvalue weighted by molar-refractivity contribution is 0.0443. The number of ether oxygens (including phenoxy) is 1. The Kier molecular flexibility index (Phi) is 4.30. The molecule has 0 aliphatic heterocycles. The highest BCUT2D eigenvalue weighted by atomic mass is 16.5. The molecule has 0 unspecified atom stereocenters. The first-order valence-electron chi connectivity index (χ1n) is 6.82.